The molecule has 23 aromatic rings. The van der Waals surface area contributed by atoms with E-state index in [-0.39, 0.29) is 23.3 Å². The summed E-state index contributed by atoms with van der Waals surface area (Å²) >= 11 is 0. The lowest BCUT2D eigenvalue weighted by Gasteiger charge is -2.10. The average molecular weight is 1790 g/mol. The lowest BCUT2D eigenvalue weighted by atomic mass is 9.96. The fourth-order valence-electron chi connectivity index (χ4n) is 16.6. The first-order chi connectivity index (χ1) is 66.8. The molecular formula is C112H76F6N18. The minimum absolute atomic E-state index is 0.203. The van der Waals surface area contributed by atoms with Crippen molar-refractivity contribution in [2.24, 2.45) is 9.98 Å². The topological polar surface area (TPSA) is 245 Å². The number of halogens is 6. The third kappa shape index (κ3) is 18.7. The molecule has 12 aromatic carbocycles. The Kier molecular flexibility index (Phi) is 24.5. The van der Waals surface area contributed by atoms with Gasteiger partial charge in [-0.25, -0.2) is 26.3 Å². The van der Waals surface area contributed by atoms with E-state index in [0.29, 0.717) is 28.1 Å². The van der Waals surface area contributed by atoms with Crippen LogP contribution in [-0.4, -0.2) is 93.3 Å². The summed E-state index contributed by atoms with van der Waals surface area (Å²) in [5.74, 6) is -2.72. The predicted octanol–water partition coefficient (Wildman–Crippen LogP) is 26.9. The van der Waals surface area contributed by atoms with E-state index in [1.807, 2.05) is 177 Å². The minimum Gasteiger partial charge on any atom is -0.288 e. The van der Waals surface area contributed by atoms with Crippen molar-refractivity contribution in [2.45, 2.75) is 20.0 Å². The first-order valence-electron chi connectivity index (χ1n) is 43.4. The number of benzene rings is 12. The first kappa shape index (κ1) is 85.9. The molecule has 2 aliphatic heterocycles. The molecule has 0 aliphatic carbocycles. The molecule has 0 unspecified atom stereocenters. The van der Waals surface area contributed by atoms with Gasteiger partial charge < -0.3 is 0 Å². The van der Waals surface area contributed by atoms with Gasteiger partial charge in [-0.15, -0.1) is 0 Å². The third-order valence-electron chi connectivity index (χ3n) is 23.4. The number of aliphatic imine (C=N–C) groups is 2. The largest absolute Gasteiger partial charge is 0.288 e. The molecule has 2 aliphatic rings. The summed E-state index contributed by atoms with van der Waals surface area (Å²) in [7, 11) is 0. The van der Waals surface area contributed by atoms with Gasteiger partial charge >= 0.3 is 0 Å². The van der Waals surface area contributed by atoms with E-state index in [0.717, 1.165) is 203 Å². The smallest absolute Gasteiger partial charge is 0.159 e. The van der Waals surface area contributed by atoms with Crippen LogP contribution >= 0.6 is 0 Å². The monoisotopic (exact) mass is 1790 g/mol. The second kappa shape index (κ2) is 38.9. The zero-order chi connectivity index (χ0) is 92.4. The highest BCUT2D eigenvalue weighted by Crippen LogP contribution is 2.41. The predicted molar refractivity (Wildman–Crippen MR) is 526 cm³/mol. The highest BCUT2D eigenvalue weighted by atomic mass is 19.2. The third-order valence-corrected chi connectivity index (χ3v) is 23.4. The fraction of sp³-hybridized carbons (Fsp3) is 0.0268. The van der Waals surface area contributed by atoms with Crippen LogP contribution in [0.3, 0.4) is 0 Å². The molecule has 11 aromatic heterocycles. The summed E-state index contributed by atoms with van der Waals surface area (Å²) in [6.07, 6.45) is 23.2. The second-order valence-corrected chi connectivity index (χ2v) is 32.1. The molecule has 0 bridgehead atoms. The highest BCUT2D eigenvalue weighted by Gasteiger charge is 2.21. The number of hydrogen-bond acceptors (Lipinski definition) is 13. The number of nitrogens with one attached hydrogen (secondary N) is 5. The van der Waals surface area contributed by atoms with Crippen LogP contribution in [0, 0.1) is 41.8 Å². The van der Waals surface area contributed by atoms with Crippen LogP contribution < -0.4 is 0 Å². The van der Waals surface area contributed by atoms with Crippen molar-refractivity contribution < 1.29 is 26.3 Å². The number of nitrogens with zero attached hydrogens (tertiary/aromatic N) is 13. The normalized spacial score (nSPS) is 11.5. The van der Waals surface area contributed by atoms with Crippen LogP contribution in [0.5, 0.6) is 0 Å². The number of aromatic amines is 5. The molecule has 13 heterocycles. The zero-order valence-corrected chi connectivity index (χ0v) is 72.4. The maximum Gasteiger partial charge on any atom is 0.159 e. The number of pyridine rings is 6. The molecule has 25 rings (SSSR count). The lowest BCUT2D eigenvalue weighted by molar-refractivity contribution is 0.509. The van der Waals surface area contributed by atoms with Crippen molar-refractivity contribution in [2.75, 3.05) is 0 Å². The molecule has 5 N–H and O–H groups in total. The summed E-state index contributed by atoms with van der Waals surface area (Å²) in [5.41, 5.74) is 32.0. The van der Waals surface area contributed by atoms with Crippen LogP contribution in [0.2, 0.25) is 0 Å². The molecule has 0 atom stereocenters. The van der Waals surface area contributed by atoms with Crippen molar-refractivity contribution >= 4 is 66.9 Å². The van der Waals surface area contributed by atoms with Crippen LogP contribution in [0.1, 0.15) is 27.8 Å². The van der Waals surface area contributed by atoms with Crippen LogP contribution in [0.15, 0.2) is 388 Å². The Morgan fingerprint density at radius 2 is 0.537 bits per heavy atom. The van der Waals surface area contributed by atoms with Crippen LogP contribution in [-0.2, 0) is 13.1 Å². The van der Waals surface area contributed by atoms with E-state index < -0.39 is 11.6 Å². The van der Waals surface area contributed by atoms with Gasteiger partial charge in [0.25, 0.3) is 0 Å². The lowest BCUT2D eigenvalue weighted by Crippen LogP contribution is -1.91. The van der Waals surface area contributed by atoms with E-state index in [2.05, 4.69) is 164 Å². The van der Waals surface area contributed by atoms with Crippen LogP contribution in [0.25, 0.3) is 189 Å². The Hall–Kier alpha value is -18.2. The van der Waals surface area contributed by atoms with Gasteiger partial charge in [0, 0.05) is 143 Å². The molecule has 18 nitrogen and oxygen atoms in total. The average Bonchev–Trinajstić information content (AvgIpc) is 1.48. The Morgan fingerprint density at radius 1 is 0.221 bits per heavy atom. The summed E-state index contributed by atoms with van der Waals surface area (Å²) in [4.78, 5) is 35.4. The highest BCUT2D eigenvalue weighted by molar-refractivity contribution is 5.96. The minimum atomic E-state index is -0.885. The number of aromatic nitrogens is 16. The number of H-pyrrole nitrogens is 5. The number of hydrogen-bond donors (Lipinski definition) is 5. The van der Waals surface area contributed by atoms with Gasteiger partial charge in [0.15, 0.2) is 11.6 Å². The molecule has 0 amide bonds. The van der Waals surface area contributed by atoms with Gasteiger partial charge in [-0.3, -0.25) is 65.4 Å². The number of fused-ring (bicyclic) bond motifs is 7. The van der Waals surface area contributed by atoms with Crippen molar-refractivity contribution in [1.29, 1.82) is 0 Å². The first-order valence-corrected chi connectivity index (χ1v) is 43.4. The van der Waals surface area contributed by atoms with E-state index >= 15 is 0 Å². The Bertz CT molecular complexity index is 8150. The maximum absolute atomic E-state index is 14.1. The summed E-state index contributed by atoms with van der Waals surface area (Å²) in [6.45, 7) is 3.27. The number of aryl methyl sites for hydroxylation is 1. The summed E-state index contributed by atoms with van der Waals surface area (Å²) in [6, 6.07) is 95.1. The van der Waals surface area contributed by atoms with Crippen molar-refractivity contribution in [3.8, 4) is 134 Å². The van der Waals surface area contributed by atoms with Crippen molar-refractivity contribution in [3.05, 3.63) is 440 Å². The number of rotatable bonds is 12. The van der Waals surface area contributed by atoms with E-state index in [1.165, 1.54) is 53.6 Å². The van der Waals surface area contributed by atoms with Gasteiger partial charge in [-0.05, 0) is 262 Å². The Labute approximate surface area is 774 Å². The second-order valence-electron chi connectivity index (χ2n) is 32.1. The molecule has 656 valence electrons. The summed E-state index contributed by atoms with van der Waals surface area (Å²) in [5, 5.41) is 40.2. The standard InChI is InChI=1S/C19H14FN3.2C19H13FN2.C19H13N5.C18H11F2N3.C18H12FN3/c1-12-9-14(4-6-17(12)20)19-16(3-2-8-21-19)13-5-7-18-15(10-13)11-22-23-18;20-17-4-1-3-14(10-17)19-18(5-2-8-22-19)13-6-7-15-11-21-12-16(15)9-13;20-17-7-5-13(6-8-17)19-18(2-1-9-22-19)14-3-4-15-11-21-12-16(15)10-14;1-2-16(12-3-5-17-14(8-12)10-21-23-17)19(20-7-1)13-4-6-18-15(9-13)11-22-24-18;19-15-5-3-12(9-16(15)20)18-14(2-1-7-21-18)11-4-6-17-13(8-11)10-22-23-17;19-16-6-2-1-4-15(16)18-14(5-3-9-20-18)12-7-8-17-13(10-12)11-21-22-17/h2-11H,1H3,(H,22,23);2*1-10,12H,11H2;1-11H,(H,21,23)(H,22,24);1-10H,(H,22,23);1-11H,(H,21,22). The molecule has 0 radical (unpaired) electrons. The van der Waals surface area contributed by atoms with Gasteiger partial charge in [-0.2, -0.15) is 25.5 Å². The molecule has 24 heteroatoms. The molecule has 0 fully saturated rings. The molecule has 136 heavy (non-hydrogen) atoms. The van der Waals surface area contributed by atoms with Gasteiger partial charge in [0.05, 0.1) is 106 Å². The maximum atomic E-state index is 14.1. The van der Waals surface area contributed by atoms with Crippen LogP contribution in [0.4, 0.5) is 26.3 Å². The van der Waals surface area contributed by atoms with Gasteiger partial charge in [-0.1, -0.05) is 115 Å². The molecular weight excluding hydrogens is 1710 g/mol. The van der Waals surface area contributed by atoms with E-state index in [4.69, 9.17) is 0 Å². The SMILES string of the molecule is Cc1cc(-c2ncccc2-c2ccc3[nH]ncc3c2)ccc1F.Fc1ccc(-c2ncccc2-c2ccc3[nH]ncc3c2)cc1F.Fc1ccc(-c2ncccc2-c2ccc3c(c2)C=NC3)cc1.Fc1cccc(-c2ncccc2-c2ccc3c(c2)C=NC3)c1.Fc1ccccc1-c1ncccc1-c1ccc2[nH]ncc2c1.c1cnc(-c2ccc3[nH]ncc3c2)c(-c2ccc3[nH]ncc3c2)c1. The van der Waals surface area contributed by atoms with Gasteiger partial charge in [0.1, 0.15) is 23.3 Å². The Morgan fingerprint density at radius 3 is 0.934 bits per heavy atom. The van der Waals surface area contributed by atoms with E-state index in [9.17, 15) is 26.3 Å². The molecule has 0 saturated carbocycles. The fourth-order valence-corrected chi connectivity index (χ4v) is 16.6. The summed E-state index contributed by atoms with van der Waals surface area (Å²) < 4.78 is 81.0. The molecule has 0 spiro atoms. The van der Waals surface area contributed by atoms with E-state index in [1.54, 1.807) is 92.9 Å². The van der Waals surface area contributed by atoms with Gasteiger partial charge in [0.2, 0.25) is 0 Å². The zero-order valence-electron chi connectivity index (χ0n) is 72.4. The van der Waals surface area contributed by atoms with Crippen molar-refractivity contribution in [1.82, 2.24) is 80.9 Å². The molecule has 0 saturated heterocycles. The van der Waals surface area contributed by atoms with Crippen molar-refractivity contribution in [3.63, 3.8) is 0 Å². The quantitative estimate of drug-likeness (QED) is 0.0720. The Balaban J connectivity index is 0.000000101.